The van der Waals surface area contributed by atoms with Crippen LogP contribution in [0.15, 0.2) is 12.2 Å². The largest absolute Gasteiger partial charge is 0.444 e. The molecular formula is C13H20N2O4. The number of fused-ring (bicyclic) bond motifs is 2. The Hall–Kier alpha value is -1.56. The molecule has 0 spiro atoms. The van der Waals surface area contributed by atoms with Gasteiger partial charge in [-0.1, -0.05) is 12.2 Å². The number of rotatable bonds is 2. The first-order chi connectivity index (χ1) is 8.81. The number of ether oxygens (including phenoxy) is 1. The Kier molecular flexibility index (Phi) is 3.54. The number of nitrogens with two attached hydrogens (primary N) is 1. The van der Waals surface area contributed by atoms with Crippen LogP contribution in [-0.2, 0) is 14.4 Å². The lowest BCUT2D eigenvalue weighted by atomic mass is 9.89. The third-order valence-corrected chi connectivity index (χ3v) is 3.53. The Bertz CT molecular complexity index is 413. The number of amides is 1. The van der Waals surface area contributed by atoms with Gasteiger partial charge >= 0.3 is 12.1 Å². The van der Waals surface area contributed by atoms with Gasteiger partial charge in [0.25, 0.3) is 0 Å². The Morgan fingerprint density at radius 3 is 2.47 bits per heavy atom. The van der Waals surface area contributed by atoms with E-state index in [-0.39, 0.29) is 17.9 Å². The maximum Gasteiger partial charge on any atom is 0.407 e. The summed E-state index contributed by atoms with van der Waals surface area (Å²) in [5, 5.41) is 2.76. The lowest BCUT2D eigenvalue weighted by Gasteiger charge is -2.28. The van der Waals surface area contributed by atoms with Crippen LogP contribution < -0.4 is 11.2 Å². The van der Waals surface area contributed by atoms with Crippen molar-refractivity contribution in [1.82, 2.24) is 5.32 Å². The molecule has 0 aromatic heterocycles. The van der Waals surface area contributed by atoms with E-state index in [9.17, 15) is 9.59 Å². The fourth-order valence-corrected chi connectivity index (χ4v) is 2.86. The van der Waals surface area contributed by atoms with E-state index in [0.29, 0.717) is 0 Å². The van der Waals surface area contributed by atoms with E-state index in [2.05, 4.69) is 10.2 Å². The van der Waals surface area contributed by atoms with Crippen molar-refractivity contribution in [1.29, 1.82) is 0 Å². The molecule has 0 aromatic carbocycles. The van der Waals surface area contributed by atoms with Gasteiger partial charge in [-0.05, 0) is 39.0 Å². The molecule has 106 valence electrons. The van der Waals surface area contributed by atoms with Crippen molar-refractivity contribution in [2.75, 3.05) is 0 Å². The summed E-state index contributed by atoms with van der Waals surface area (Å²) in [6.45, 7) is 5.37. The van der Waals surface area contributed by atoms with Crippen LogP contribution in [0, 0.1) is 17.8 Å². The topological polar surface area (TPSA) is 90.6 Å². The molecule has 2 aliphatic carbocycles. The van der Waals surface area contributed by atoms with Gasteiger partial charge in [-0.2, -0.15) is 5.90 Å². The monoisotopic (exact) mass is 268 g/mol. The summed E-state index contributed by atoms with van der Waals surface area (Å²) < 4.78 is 5.21. The molecule has 0 saturated heterocycles. The molecule has 0 radical (unpaired) electrons. The normalized spacial score (nSPS) is 32.2. The van der Waals surface area contributed by atoms with Crippen molar-refractivity contribution in [2.24, 2.45) is 23.7 Å². The Balaban J connectivity index is 2.04. The summed E-state index contributed by atoms with van der Waals surface area (Å²) in [5.41, 5.74) is -0.568. The highest BCUT2D eigenvalue weighted by Gasteiger charge is 2.50. The first kappa shape index (κ1) is 13.9. The molecule has 1 fully saturated rings. The molecule has 6 heteroatoms. The Morgan fingerprint density at radius 2 is 1.89 bits per heavy atom. The van der Waals surface area contributed by atoms with Crippen LogP contribution in [0.3, 0.4) is 0 Å². The zero-order valence-corrected chi connectivity index (χ0v) is 11.4. The molecule has 2 rings (SSSR count). The van der Waals surface area contributed by atoms with Crippen molar-refractivity contribution in [2.45, 2.75) is 38.8 Å². The maximum absolute atomic E-state index is 11.8. The zero-order valence-electron chi connectivity index (χ0n) is 11.4. The summed E-state index contributed by atoms with van der Waals surface area (Å²) in [4.78, 5) is 27.8. The third kappa shape index (κ3) is 2.89. The Morgan fingerprint density at radius 1 is 1.26 bits per heavy atom. The van der Waals surface area contributed by atoms with Gasteiger partial charge in [0, 0.05) is 0 Å². The van der Waals surface area contributed by atoms with E-state index in [1.807, 2.05) is 12.2 Å². The third-order valence-electron chi connectivity index (χ3n) is 3.53. The minimum atomic E-state index is -0.568. The average molecular weight is 268 g/mol. The summed E-state index contributed by atoms with van der Waals surface area (Å²) in [7, 11) is 0. The van der Waals surface area contributed by atoms with Crippen molar-refractivity contribution in [3.8, 4) is 0 Å². The molecule has 2 aliphatic rings. The molecule has 0 aromatic rings. The summed E-state index contributed by atoms with van der Waals surface area (Å²) in [6.07, 6.45) is 4.32. The van der Waals surface area contributed by atoms with Crippen molar-refractivity contribution >= 4 is 12.1 Å². The molecule has 19 heavy (non-hydrogen) atoms. The number of alkyl carbamates (subject to hydrolysis) is 1. The molecular weight excluding hydrogens is 248 g/mol. The second-order valence-corrected chi connectivity index (χ2v) is 6.08. The predicted octanol–water partition coefficient (Wildman–Crippen LogP) is 1.12. The number of carbonyl (C=O) groups is 2. The quantitative estimate of drug-likeness (QED) is 0.578. The van der Waals surface area contributed by atoms with Gasteiger partial charge in [0.2, 0.25) is 0 Å². The smallest absolute Gasteiger partial charge is 0.407 e. The number of carbonyl (C=O) groups excluding carboxylic acids is 2. The van der Waals surface area contributed by atoms with Crippen molar-refractivity contribution in [3.63, 3.8) is 0 Å². The average Bonchev–Trinajstić information content (AvgIpc) is 2.85. The zero-order chi connectivity index (χ0) is 14.2. The van der Waals surface area contributed by atoms with E-state index in [0.717, 1.165) is 6.42 Å². The van der Waals surface area contributed by atoms with E-state index in [1.165, 1.54) is 0 Å². The highest BCUT2D eigenvalue weighted by molar-refractivity contribution is 5.77. The van der Waals surface area contributed by atoms with Crippen LogP contribution >= 0.6 is 0 Å². The van der Waals surface area contributed by atoms with Gasteiger partial charge in [-0.15, -0.1) is 0 Å². The molecule has 2 bridgehead atoms. The van der Waals surface area contributed by atoms with Crippen LogP contribution in [0.5, 0.6) is 0 Å². The highest BCUT2D eigenvalue weighted by atomic mass is 16.7. The molecule has 6 nitrogen and oxygen atoms in total. The Labute approximate surface area is 112 Å². The fourth-order valence-electron chi connectivity index (χ4n) is 2.86. The number of hydrogen-bond donors (Lipinski definition) is 2. The van der Waals surface area contributed by atoms with Gasteiger partial charge < -0.3 is 14.9 Å². The van der Waals surface area contributed by atoms with Crippen LogP contribution in [0.4, 0.5) is 4.79 Å². The summed E-state index contributed by atoms with van der Waals surface area (Å²) in [5.74, 6) is 4.27. The van der Waals surface area contributed by atoms with Crippen molar-refractivity contribution in [3.05, 3.63) is 12.2 Å². The van der Waals surface area contributed by atoms with E-state index >= 15 is 0 Å². The molecule has 3 N–H and O–H groups in total. The first-order valence-corrected chi connectivity index (χ1v) is 6.40. The van der Waals surface area contributed by atoms with Crippen LogP contribution in [0.25, 0.3) is 0 Å². The lowest BCUT2D eigenvalue weighted by Crippen LogP contribution is -2.48. The minimum absolute atomic E-state index is 0.0842. The second-order valence-electron chi connectivity index (χ2n) is 6.08. The van der Waals surface area contributed by atoms with E-state index < -0.39 is 23.6 Å². The lowest BCUT2D eigenvalue weighted by molar-refractivity contribution is -0.150. The standard InChI is InChI=1S/C13H20N2O4/c1-13(2,3)18-12(17)15-10-8-5-4-7(6-8)9(10)11(16)19-14/h4-5,7-10H,6,14H2,1-3H3,(H,15,17)/t7-,8+,9-,10+/m1/s1. The molecule has 4 atom stereocenters. The molecule has 1 amide bonds. The first-order valence-electron chi connectivity index (χ1n) is 6.40. The van der Waals surface area contributed by atoms with Gasteiger partial charge in [-0.3, -0.25) is 0 Å². The van der Waals surface area contributed by atoms with E-state index in [4.69, 9.17) is 10.6 Å². The molecule has 1 saturated carbocycles. The SMILES string of the molecule is CC(C)(C)OC(=O)N[C@@H]1[C@H](C(=O)ON)[C@@H]2C=C[C@H]1C2. The van der Waals surface area contributed by atoms with Crippen LogP contribution in [-0.4, -0.2) is 23.7 Å². The van der Waals surface area contributed by atoms with Crippen LogP contribution in [0.2, 0.25) is 0 Å². The van der Waals surface area contributed by atoms with E-state index in [1.54, 1.807) is 20.8 Å². The highest BCUT2D eigenvalue weighted by Crippen LogP contribution is 2.44. The predicted molar refractivity (Wildman–Crippen MR) is 67.7 cm³/mol. The summed E-state index contributed by atoms with van der Waals surface area (Å²) >= 11 is 0. The maximum atomic E-state index is 11.8. The number of allylic oxidation sites excluding steroid dienone is 1. The second kappa shape index (κ2) is 4.85. The molecule has 0 heterocycles. The number of hydrogen-bond acceptors (Lipinski definition) is 5. The fraction of sp³-hybridized carbons (Fsp3) is 0.692. The minimum Gasteiger partial charge on any atom is -0.444 e. The summed E-state index contributed by atoms with van der Waals surface area (Å²) in [6, 6.07) is -0.305. The molecule has 0 aliphatic heterocycles. The van der Waals surface area contributed by atoms with Gasteiger partial charge in [0.1, 0.15) is 5.60 Å². The van der Waals surface area contributed by atoms with Gasteiger partial charge in [0.15, 0.2) is 0 Å². The number of nitrogens with one attached hydrogen (secondary N) is 1. The van der Waals surface area contributed by atoms with Gasteiger partial charge in [-0.25, -0.2) is 9.59 Å². The molecule has 0 unspecified atom stereocenters. The van der Waals surface area contributed by atoms with Gasteiger partial charge in [0.05, 0.1) is 12.0 Å². The van der Waals surface area contributed by atoms with Crippen LogP contribution in [0.1, 0.15) is 27.2 Å². The van der Waals surface area contributed by atoms with Crippen molar-refractivity contribution < 1.29 is 19.2 Å².